The first-order chi connectivity index (χ1) is 12.2. The van der Waals surface area contributed by atoms with Gasteiger partial charge in [-0.15, -0.1) is 0 Å². The molecule has 0 aliphatic heterocycles. The summed E-state index contributed by atoms with van der Waals surface area (Å²) in [4.78, 5) is 29.9. The second kappa shape index (κ2) is 8.28. The number of anilines is 1. The number of hydrogen-bond acceptors (Lipinski definition) is 7. The molecule has 2 heterocycles. The summed E-state index contributed by atoms with van der Waals surface area (Å²) in [6.45, 7) is 3.97. The summed E-state index contributed by atoms with van der Waals surface area (Å²) in [5.41, 5.74) is 10.8. The van der Waals surface area contributed by atoms with Crippen LogP contribution in [0.5, 0.6) is 0 Å². The minimum absolute atomic E-state index is 0.0214. The first kappa shape index (κ1) is 19.9. The number of halogens is 1. The monoisotopic (exact) mass is 369 g/mol. The Morgan fingerprint density at radius 1 is 1.46 bits per heavy atom. The van der Waals surface area contributed by atoms with Gasteiger partial charge >= 0.3 is 5.97 Å². The Hall–Kier alpha value is -2.46. The number of nitrogens with one attached hydrogen (secondary N) is 1. The number of rotatable bonds is 8. The Bertz CT molecular complexity index is 832. The maximum atomic E-state index is 14.0. The number of ether oxygens (including phenoxy) is 2. The number of methoxy groups -OCH3 is 1. The summed E-state index contributed by atoms with van der Waals surface area (Å²) in [5, 5.41) is -0.150. The number of H-pyrrole nitrogens is 1. The summed E-state index contributed by atoms with van der Waals surface area (Å²) in [6, 6.07) is -0.700. The first-order valence-corrected chi connectivity index (χ1v) is 8.23. The van der Waals surface area contributed by atoms with Crippen LogP contribution < -0.4 is 17.0 Å². The summed E-state index contributed by atoms with van der Waals surface area (Å²) in [7, 11) is 1.48. The van der Waals surface area contributed by atoms with Crippen molar-refractivity contribution < 1.29 is 18.7 Å². The molecule has 0 spiro atoms. The molecule has 0 saturated carbocycles. The number of carbonyl (C=O) groups excluding carboxylic acids is 1. The SMILES string of the molecule is COC(CCn1cc(F)c2c(=O)[nH]c(N)nc21)COC(=O)C(N)C(C)C. The smallest absolute Gasteiger partial charge is 0.323 e. The van der Waals surface area contributed by atoms with Crippen LogP contribution >= 0.6 is 0 Å². The van der Waals surface area contributed by atoms with Gasteiger partial charge in [0.25, 0.3) is 5.56 Å². The molecule has 0 amide bonds. The third-order valence-corrected chi connectivity index (χ3v) is 4.13. The fourth-order valence-corrected chi connectivity index (χ4v) is 2.43. The minimum atomic E-state index is -0.700. The summed E-state index contributed by atoms with van der Waals surface area (Å²) >= 11 is 0. The second-order valence-corrected chi connectivity index (χ2v) is 6.37. The Kier molecular flexibility index (Phi) is 6.32. The van der Waals surface area contributed by atoms with Gasteiger partial charge in [0.05, 0.1) is 6.10 Å². The number of fused-ring (bicyclic) bond motifs is 1. The van der Waals surface area contributed by atoms with Crippen molar-refractivity contribution in [3.05, 3.63) is 22.4 Å². The average Bonchev–Trinajstić information content (AvgIpc) is 2.89. The highest BCUT2D eigenvalue weighted by atomic mass is 19.1. The molecule has 2 aromatic heterocycles. The average molecular weight is 369 g/mol. The van der Waals surface area contributed by atoms with Crippen LogP contribution in [0.4, 0.5) is 10.3 Å². The number of hydrogen-bond donors (Lipinski definition) is 3. The van der Waals surface area contributed by atoms with E-state index in [1.807, 2.05) is 13.8 Å². The van der Waals surface area contributed by atoms with Crippen LogP contribution in [0.15, 0.2) is 11.0 Å². The minimum Gasteiger partial charge on any atom is -0.462 e. The summed E-state index contributed by atoms with van der Waals surface area (Å²) in [5.74, 6) is -1.31. The van der Waals surface area contributed by atoms with Crippen LogP contribution in [0.3, 0.4) is 0 Å². The van der Waals surface area contributed by atoms with Crippen LogP contribution in [0.2, 0.25) is 0 Å². The van der Waals surface area contributed by atoms with Gasteiger partial charge in [-0.05, 0) is 12.3 Å². The van der Waals surface area contributed by atoms with Crippen LogP contribution in [0.1, 0.15) is 20.3 Å². The third-order valence-electron chi connectivity index (χ3n) is 4.13. The first-order valence-electron chi connectivity index (χ1n) is 8.23. The van der Waals surface area contributed by atoms with Crippen molar-refractivity contribution in [3.63, 3.8) is 0 Å². The molecule has 2 atom stereocenters. The van der Waals surface area contributed by atoms with Crippen molar-refractivity contribution in [3.8, 4) is 0 Å². The number of nitrogens with two attached hydrogens (primary N) is 2. The van der Waals surface area contributed by atoms with Crippen molar-refractivity contribution in [2.45, 2.75) is 39.0 Å². The molecule has 144 valence electrons. The van der Waals surface area contributed by atoms with Gasteiger partial charge in [0, 0.05) is 19.9 Å². The molecule has 5 N–H and O–H groups in total. The van der Waals surface area contributed by atoms with Gasteiger partial charge < -0.3 is 25.5 Å². The number of nitrogen functional groups attached to an aromatic ring is 1. The van der Waals surface area contributed by atoms with E-state index in [1.165, 1.54) is 17.9 Å². The molecule has 9 nitrogen and oxygen atoms in total. The van der Waals surface area contributed by atoms with E-state index in [2.05, 4.69) is 9.97 Å². The van der Waals surface area contributed by atoms with E-state index in [9.17, 15) is 14.0 Å². The lowest BCUT2D eigenvalue weighted by Gasteiger charge is -2.19. The molecule has 0 aliphatic carbocycles. The molecule has 0 aliphatic rings. The van der Waals surface area contributed by atoms with E-state index in [0.29, 0.717) is 13.0 Å². The molecular formula is C16H24FN5O4. The molecule has 0 fully saturated rings. The van der Waals surface area contributed by atoms with E-state index in [1.54, 1.807) is 0 Å². The van der Waals surface area contributed by atoms with Crippen LogP contribution in [-0.4, -0.2) is 46.4 Å². The zero-order chi connectivity index (χ0) is 19.4. The highest BCUT2D eigenvalue weighted by Gasteiger charge is 2.21. The maximum Gasteiger partial charge on any atom is 0.323 e. The number of aromatic nitrogens is 3. The topological polar surface area (TPSA) is 138 Å². The zero-order valence-electron chi connectivity index (χ0n) is 15.0. The molecule has 26 heavy (non-hydrogen) atoms. The predicted molar refractivity (Wildman–Crippen MR) is 93.9 cm³/mol. The van der Waals surface area contributed by atoms with E-state index >= 15 is 0 Å². The second-order valence-electron chi connectivity index (χ2n) is 6.37. The zero-order valence-corrected chi connectivity index (χ0v) is 15.0. The van der Waals surface area contributed by atoms with E-state index in [4.69, 9.17) is 20.9 Å². The molecule has 2 rings (SSSR count). The molecule has 2 unspecified atom stereocenters. The molecule has 0 radical (unpaired) electrons. The lowest BCUT2D eigenvalue weighted by molar-refractivity contribution is -0.150. The van der Waals surface area contributed by atoms with E-state index in [-0.39, 0.29) is 29.5 Å². The van der Waals surface area contributed by atoms with Crippen molar-refractivity contribution in [2.75, 3.05) is 19.5 Å². The van der Waals surface area contributed by atoms with Crippen LogP contribution in [0.25, 0.3) is 11.0 Å². The number of aromatic amines is 1. The number of esters is 1. The van der Waals surface area contributed by atoms with E-state index < -0.39 is 29.5 Å². The summed E-state index contributed by atoms with van der Waals surface area (Å²) < 4.78 is 25.9. The van der Waals surface area contributed by atoms with Crippen molar-refractivity contribution in [2.24, 2.45) is 11.7 Å². The standard InChI is InChI=1S/C16H24FN5O4/c1-8(2)12(18)15(24)26-7-9(25-3)4-5-22-6-10(17)11-13(22)20-16(19)21-14(11)23/h6,8-9,12H,4-5,7,18H2,1-3H3,(H3,19,20,21,23). The predicted octanol–water partition coefficient (Wildman–Crippen LogP) is 0.378. The van der Waals surface area contributed by atoms with E-state index in [0.717, 1.165) is 0 Å². The third kappa shape index (κ3) is 4.38. The number of aryl methyl sites for hydroxylation is 1. The molecule has 0 aromatic carbocycles. The Balaban J connectivity index is 2.04. The van der Waals surface area contributed by atoms with Gasteiger partial charge in [0.15, 0.2) is 11.5 Å². The largest absolute Gasteiger partial charge is 0.462 e. The lowest BCUT2D eigenvalue weighted by Crippen LogP contribution is -2.38. The van der Waals surface area contributed by atoms with Gasteiger partial charge in [-0.2, -0.15) is 4.98 Å². The highest BCUT2D eigenvalue weighted by Crippen LogP contribution is 2.16. The normalized spacial score (nSPS) is 13.9. The van der Waals surface area contributed by atoms with Crippen LogP contribution in [-0.2, 0) is 20.8 Å². The van der Waals surface area contributed by atoms with Crippen molar-refractivity contribution in [1.29, 1.82) is 0 Å². The molecule has 10 heteroatoms. The molecular weight excluding hydrogens is 345 g/mol. The fraction of sp³-hybridized carbons (Fsp3) is 0.562. The van der Waals surface area contributed by atoms with Gasteiger partial charge in [-0.25, -0.2) is 4.39 Å². The van der Waals surface area contributed by atoms with Crippen molar-refractivity contribution in [1.82, 2.24) is 14.5 Å². The van der Waals surface area contributed by atoms with Crippen molar-refractivity contribution >= 4 is 23.0 Å². The molecule has 0 bridgehead atoms. The van der Waals surface area contributed by atoms with Gasteiger partial charge in [-0.1, -0.05) is 13.8 Å². The number of nitrogens with zero attached hydrogens (tertiary/aromatic N) is 2. The van der Waals surface area contributed by atoms with Gasteiger partial charge in [-0.3, -0.25) is 14.6 Å². The quantitative estimate of drug-likeness (QED) is 0.572. The highest BCUT2D eigenvalue weighted by molar-refractivity contribution is 5.77. The number of carbonyl (C=O) groups is 1. The lowest BCUT2D eigenvalue weighted by atomic mass is 10.1. The van der Waals surface area contributed by atoms with Gasteiger partial charge in [0.2, 0.25) is 5.95 Å². The molecule has 2 aromatic rings. The Labute approximate surface area is 149 Å². The fourth-order valence-electron chi connectivity index (χ4n) is 2.43. The molecule has 0 saturated heterocycles. The Morgan fingerprint density at radius 2 is 2.15 bits per heavy atom. The van der Waals surface area contributed by atoms with Gasteiger partial charge in [0.1, 0.15) is 18.0 Å². The van der Waals surface area contributed by atoms with Crippen LogP contribution in [0, 0.1) is 11.7 Å². The summed E-state index contributed by atoms with van der Waals surface area (Å²) in [6.07, 6.45) is 1.16. The maximum absolute atomic E-state index is 14.0. The Morgan fingerprint density at radius 3 is 2.77 bits per heavy atom.